The largest absolute Gasteiger partial charge is 0.261 e. The van der Waals surface area contributed by atoms with Crippen LogP contribution >= 0.6 is 0 Å². The van der Waals surface area contributed by atoms with Crippen molar-refractivity contribution in [2.45, 2.75) is 19.3 Å². The number of hydrogen-bond acceptors (Lipinski definition) is 1. The highest BCUT2D eigenvalue weighted by atomic mass is 14.7. The van der Waals surface area contributed by atoms with E-state index >= 15 is 0 Å². The predicted molar refractivity (Wildman–Crippen MR) is 54.6 cm³/mol. The first-order valence-electron chi connectivity index (χ1n) is 4.62. The number of aromatic nitrogens is 1. The van der Waals surface area contributed by atoms with Gasteiger partial charge in [0.2, 0.25) is 0 Å². The number of aryl methyl sites for hydroxylation is 1. The first-order chi connectivity index (χ1) is 6.36. The van der Waals surface area contributed by atoms with E-state index in [0.717, 1.165) is 6.42 Å². The van der Waals surface area contributed by atoms with Crippen molar-refractivity contribution in [2.24, 2.45) is 0 Å². The van der Waals surface area contributed by atoms with Crippen molar-refractivity contribution >= 4 is 0 Å². The third kappa shape index (κ3) is 1.86. The standard InChI is InChI=1S/C12H13N/c1-10-7-8-13-12(9-10)11-5-3-2-4-6-11/h2-5,7-9,11H,6H2,1H3. The lowest BCUT2D eigenvalue weighted by Crippen LogP contribution is -1.99. The maximum atomic E-state index is 4.38. The molecule has 2 rings (SSSR count). The van der Waals surface area contributed by atoms with Gasteiger partial charge < -0.3 is 0 Å². The molecule has 1 heterocycles. The lowest BCUT2D eigenvalue weighted by atomic mass is 9.96. The molecule has 0 aromatic carbocycles. The van der Waals surface area contributed by atoms with Crippen LogP contribution in [0.5, 0.6) is 0 Å². The van der Waals surface area contributed by atoms with E-state index in [1.54, 1.807) is 0 Å². The lowest BCUT2D eigenvalue weighted by molar-refractivity contribution is 0.814. The first-order valence-corrected chi connectivity index (χ1v) is 4.62. The Morgan fingerprint density at radius 2 is 2.31 bits per heavy atom. The summed E-state index contributed by atoms with van der Waals surface area (Å²) in [6.07, 6.45) is 11.5. The molecule has 1 aliphatic carbocycles. The van der Waals surface area contributed by atoms with Crippen LogP contribution in [0.2, 0.25) is 0 Å². The summed E-state index contributed by atoms with van der Waals surface area (Å²) in [5, 5.41) is 0. The van der Waals surface area contributed by atoms with Crippen molar-refractivity contribution in [3.05, 3.63) is 53.9 Å². The quantitative estimate of drug-likeness (QED) is 0.633. The van der Waals surface area contributed by atoms with Gasteiger partial charge in [0, 0.05) is 17.8 Å². The van der Waals surface area contributed by atoms with Crippen LogP contribution in [0.25, 0.3) is 0 Å². The second-order valence-electron chi connectivity index (χ2n) is 3.41. The van der Waals surface area contributed by atoms with E-state index in [0.29, 0.717) is 5.92 Å². The van der Waals surface area contributed by atoms with Crippen LogP contribution in [0.15, 0.2) is 42.6 Å². The van der Waals surface area contributed by atoms with E-state index in [-0.39, 0.29) is 0 Å². The average molecular weight is 171 g/mol. The highest BCUT2D eigenvalue weighted by Crippen LogP contribution is 2.22. The van der Waals surface area contributed by atoms with E-state index < -0.39 is 0 Å². The van der Waals surface area contributed by atoms with Gasteiger partial charge in [-0.1, -0.05) is 24.3 Å². The number of pyridine rings is 1. The van der Waals surface area contributed by atoms with E-state index in [4.69, 9.17) is 0 Å². The van der Waals surface area contributed by atoms with Crippen molar-refractivity contribution in [3.63, 3.8) is 0 Å². The highest BCUT2D eigenvalue weighted by Gasteiger charge is 2.08. The van der Waals surface area contributed by atoms with Gasteiger partial charge in [0.25, 0.3) is 0 Å². The maximum Gasteiger partial charge on any atom is 0.0478 e. The Hall–Kier alpha value is -1.37. The minimum atomic E-state index is 0.477. The number of hydrogen-bond donors (Lipinski definition) is 0. The number of allylic oxidation sites excluding steroid dienone is 4. The molecule has 13 heavy (non-hydrogen) atoms. The SMILES string of the molecule is Cc1ccnc(C2C=CC=CC2)c1. The van der Waals surface area contributed by atoms with E-state index in [2.05, 4.69) is 42.3 Å². The van der Waals surface area contributed by atoms with Gasteiger partial charge in [0.15, 0.2) is 0 Å². The van der Waals surface area contributed by atoms with Crippen molar-refractivity contribution in [1.29, 1.82) is 0 Å². The average Bonchev–Trinajstić information content (AvgIpc) is 2.19. The summed E-state index contributed by atoms with van der Waals surface area (Å²) < 4.78 is 0. The molecule has 0 spiro atoms. The van der Waals surface area contributed by atoms with Gasteiger partial charge in [0.1, 0.15) is 0 Å². The van der Waals surface area contributed by atoms with E-state index in [1.807, 2.05) is 12.3 Å². The summed E-state index contributed by atoms with van der Waals surface area (Å²) in [6.45, 7) is 2.10. The fourth-order valence-corrected chi connectivity index (χ4v) is 1.56. The number of nitrogens with zero attached hydrogens (tertiary/aromatic N) is 1. The van der Waals surface area contributed by atoms with Crippen molar-refractivity contribution in [2.75, 3.05) is 0 Å². The first kappa shape index (κ1) is 8.24. The van der Waals surface area contributed by atoms with Crippen LogP contribution in [0.1, 0.15) is 23.6 Å². The second kappa shape index (κ2) is 3.56. The van der Waals surface area contributed by atoms with Crippen molar-refractivity contribution in [1.82, 2.24) is 4.98 Å². The van der Waals surface area contributed by atoms with Crippen LogP contribution in [-0.4, -0.2) is 4.98 Å². The summed E-state index contributed by atoms with van der Waals surface area (Å²) in [7, 11) is 0. The zero-order chi connectivity index (χ0) is 9.10. The van der Waals surface area contributed by atoms with Gasteiger partial charge in [-0.2, -0.15) is 0 Å². The predicted octanol–water partition coefficient (Wildman–Crippen LogP) is 2.99. The normalized spacial score (nSPS) is 20.5. The fourth-order valence-electron chi connectivity index (χ4n) is 1.56. The zero-order valence-electron chi connectivity index (χ0n) is 7.77. The summed E-state index contributed by atoms with van der Waals surface area (Å²) in [5.74, 6) is 0.477. The molecule has 1 nitrogen and oxygen atoms in total. The van der Waals surface area contributed by atoms with E-state index in [9.17, 15) is 0 Å². The second-order valence-corrected chi connectivity index (χ2v) is 3.41. The zero-order valence-corrected chi connectivity index (χ0v) is 7.77. The molecular weight excluding hydrogens is 158 g/mol. The van der Waals surface area contributed by atoms with Gasteiger partial charge in [-0.05, 0) is 31.0 Å². The molecule has 1 heteroatoms. The molecule has 0 aliphatic heterocycles. The summed E-state index contributed by atoms with van der Waals surface area (Å²) >= 11 is 0. The van der Waals surface area contributed by atoms with Crippen LogP contribution in [0.4, 0.5) is 0 Å². The Labute approximate surface area is 78.8 Å². The van der Waals surface area contributed by atoms with Gasteiger partial charge in [0.05, 0.1) is 0 Å². The van der Waals surface area contributed by atoms with Crippen molar-refractivity contribution in [3.8, 4) is 0 Å². The fraction of sp³-hybridized carbons (Fsp3) is 0.250. The van der Waals surface area contributed by atoms with Crippen molar-refractivity contribution < 1.29 is 0 Å². The Morgan fingerprint density at radius 3 is 3.00 bits per heavy atom. The van der Waals surface area contributed by atoms with Gasteiger partial charge in [-0.3, -0.25) is 4.98 Å². The number of rotatable bonds is 1. The topological polar surface area (TPSA) is 12.9 Å². The molecule has 1 atom stereocenters. The molecule has 66 valence electrons. The molecule has 0 fully saturated rings. The summed E-state index contributed by atoms with van der Waals surface area (Å²) in [6, 6.07) is 4.19. The molecule has 0 saturated carbocycles. The maximum absolute atomic E-state index is 4.38. The van der Waals surface area contributed by atoms with Gasteiger partial charge >= 0.3 is 0 Å². The Bertz CT molecular complexity index is 350. The van der Waals surface area contributed by atoms with Crippen LogP contribution in [0.3, 0.4) is 0 Å². The minimum absolute atomic E-state index is 0.477. The monoisotopic (exact) mass is 171 g/mol. The van der Waals surface area contributed by atoms with Crippen LogP contribution in [0, 0.1) is 6.92 Å². The third-order valence-electron chi connectivity index (χ3n) is 2.30. The molecule has 1 unspecified atom stereocenters. The summed E-state index contributed by atoms with van der Waals surface area (Å²) in [4.78, 5) is 4.38. The Kier molecular flexibility index (Phi) is 2.26. The molecule has 0 N–H and O–H groups in total. The molecule has 1 aromatic heterocycles. The highest BCUT2D eigenvalue weighted by molar-refractivity contribution is 5.26. The molecule has 1 aromatic rings. The lowest BCUT2D eigenvalue weighted by Gasteiger charge is -2.12. The molecular formula is C12H13N. The Morgan fingerprint density at radius 1 is 1.38 bits per heavy atom. The van der Waals surface area contributed by atoms with Gasteiger partial charge in [-0.25, -0.2) is 0 Å². The molecule has 0 amide bonds. The minimum Gasteiger partial charge on any atom is -0.261 e. The van der Waals surface area contributed by atoms with Crippen LogP contribution in [-0.2, 0) is 0 Å². The van der Waals surface area contributed by atoms with Gasteiger partial charge in [-0.15, -0.1) is 0 Å². The molecule has 0 saturated heterocycles. The Balaban J connectivity index is 2.25. The summed E-state index contributed by atoms with van der Waals surface area (Å²) in [5.41, 5.74) is 2.47. The molecule has 0 radical (unpaired) electrons. The van der Waals surface area contributed by atoms with E-state index in [1.165, 1.54) is 11.3 Å². The molecule has 1 aliphatic rings. The van der Waals surface area contributed by atoms with Crippen LogP contribution < -0.4 is 0 Å². The molecule has 0 bridgehead atoms. The smallest absolute Gasteiger partial charge is 0.0478 e. The third-order valence-corrected chi connectivity index (χ3v) is 2.30.